The Bertz CT molecular complexity index is 1180. The van der Waals surface area contributed by atoms with Crippen molar-refractivity contribution >= 4 is 11.6 Å². The number of ketones is 1. The molecule has 158 valence electrons. The van der Waals surface area contributed by atoms with Crippen LogP contribution in [0.1, 0.15) is 43.7 Å². The fourth-order valence-corrected chi connectivity index (χ4v) is 4.36. The van der Waals surface area contributed by atoms with Crippen LogP contribution in [0, 0.1) is 5.41 Å². The summed E-state index contributed by atoms with van der Waals surface area (Å²) in [6.07, 6.45) is 0.901. The maximum absolute atomic E-state index is 13.2. The van der Waals surface area contributed by atoms with Gasteiger partial charge in [-0.15, -0.1) is 0 Å². The summed E-state index contributed by atoms with van der Waals surface area (Å²) in [4.78, 5) is 42.8. The van der Waals surface area contributed by atoms with Gasteiger partial charge >= 0.3 is 5.69 Å². The lowest BCUT2D eigenvalue weighted by Gasteiger charge is -2.38. The van der Waals surface area contributed by atoms with Gasteiger partial charge in [-0.1, -0.05) is 13.8 Å². The Labute approximate surface area is 171 Å². The summed E-state index contributed by atoms with van der Waals surface area (Å²) in [5, 5.41) is 13.4. The number of carbonyl (C=O) groups is 1. The average Bonchev–Trinajstić information content (AvgIpc) is 2.65. The van der Waals surface area contributed by atoms with Gasteiger partial charge < -0.3 is 19.9 Å². The van der Waals surface area contributed by atoms with E-state index in [-0.39, 0.29) is 39.8 Å². The molecular weight excluding hydrogens is 390 g/mol. The molecule has 1 aromatic heterocycles. The molecule has 2 aliphatic rings. The predicted molar refractivity (Wildman–Crippen MR) is 109 cm³/mol. The number of allylic oxidation sites excluding steroid dienone is 2. The minimum absolute atomic E-state index is 0.0824. The molecule has 0 fully saturated rings. The molecule has 4 rings (SSSR count). The fraction of sp³-hybridized carbons (Fsp3) is 0.381. The van der Waals surface area contributed by atoms with Gasteiger partial charge in [0.2, 0.25) is 5.75 Å². The van der Waals surface area contributed by atoms with E-state index in [0.29, 0.717) is 29.7 Å². The highest BCUT2D eigenvalue weighted by molar-refractivity contribution is 6.01. The topological polar surface area (TPSA) is 134 Å². The van der Waals surface area contributed by atoms with Crippen LogP contribution in [-0.2, 0) is 4.79 Å². The number of Topliss-reactive ketones (excluding diaryl/α,β-unsaturated/α-hetero) is 1. The largest absolute Gasteiger partial charge is 0.502 e. The number of hydrogen-bond donors (Lipinski definition) is 4. The molecule has 0 radical (unpaired) electrons. The lowest BCUT2D eigenvalue weighted by Crippen LogP contribution is -2.38. The van der Waals surface area contributed by atoms with Gasteiger partial charge in [-0.25, -0.2) is 4.79 Å². The Hall–Kier alpha value is -3.49. The van der Waals surface area contributed by atoms with E-state index in [4.69, 9.17) is 9.47 Å². The monoisotopic (exact) mass is 413 g/mol. The second-order valence-electron chi connectivity index (χ2n) is 8.36. The van der Waals surface area contributed by atoms with Crippen LogP contribution in [0.5, 0.6) is 17.2 Å². The summed E-state index contributed by atoms with van der Waals surface area (Å²) >= 11 is 0. The molecule has 1 atom stereocenters. The van der Waals surface area contributed by atoms with Crippen LogP contribution >= 0.6 is 0 Å². The van der Waals surface area contributed by atoms with Crippen LogP contribution in [0.4, 0.5) is 5.82 Å². The zero-order valence-corrected chi connectivity index (χ0v) is 17.1. The number of aromatic amines is 2. The van der Waals surface area contributed by atoms with Crippen LogP contribution in [0.25, 0.3) is 0 Å². The first kappa shape index (κ1) is 19.8. The van der Waals surface area contributed by atoms with Gasteiger partial charge in [-0.3, -0.25) is 19.6 Å². The maximum Gasteiger partial charge on any atom is 0.327 e. The minimum atomic E-state index is -0.760. The number of anilines is 1. The highest BCUT2D eigenvalue weighted by Gasteiger charge is 2.42. The highest BCUT2D eigenvalue weighted by Crippen LogP contribution is 2.49. The van der Waals surface area contributed by atoms with Crippen molar-refractivity contribution in [2.45, 2.75) is 32.6 Å². The number of aromatic nitrogens is 2. The van der Waals surface area contributed by atoms with Crippen molar-refractivity contribution in [3.63, 3.8) is 0 Å². The van der Waals surface area contributed by atoms with Crippen molar-refractivity contribution in [3.8, 4) is 17.2 Å². The van der Waals surface area contributed by atoms with Crippen LogP contribution in [0.2, 0.25) is 0 Å². The molecule has 0 saturated heterocycles. The van der Waals surface area contributed by atoms with Crippen LogP contribution < -0.4 is 26.0 Å². The van der Waals surface area contributed by atoms with Gasteiger partial charge in [0.15, 0.2) is 17.3 Å². The van der Waals surface area contributed by atoms with E-state index in [9.17, 15) is 19.5 Å². The summed E-state index contributed by atoms with van der Waals surface area (Å²) in [5.41, 5.74) is 0.378. The van der Waals surface area contributed by atoms with Gasteiger partial charge in [-0.05, 0) is 29.5 Å². The minimum Gasteiger partial charge on any atom is -0.502 e. The summed E-state index contributed by atoms with van der Waals surface area (Å²) < 4.78 is 10.5. The highest BCUT2D eigenvalue weighted by atomic mass is 16.5. The Kier molecular flexibility index (Phi) is 4.48. The number of phenols is 1. The standard InChI is InChI=1S/C21H23N3O6/c1-21(2)7-10-15(11(25)8-21)14(16-18(22-10)23-20(28)24-19(16)27)9-5-12(29-3)17(26)13(6-9)30-4/h5-6,14,26H,7-8H2,1-4H3,(H3,22,23,24,27,28). The van der Waals surface area contributed by atoms with E-state index in [0.717, 1.165) is 0 Å². The number of ether oxygens (including phenoxy) is 2. The quantitative estimate of drug-likeness (QED) is 0.605. The van der Waals surface area contributed by atoms with Crippen LogP contribution in [-0.4, -0.2) is 35.1 Å². The number of phenolic OH excluding ortho intramolecular Hbond substituents is 1. The van der Waals surface area contributed by atoms with Crippen molar-refractivity contribution in [3.05, 3.63) is 55.4 Å². The molecule has 0 saturated carbocycles. The molecule has 0 bridgehead atoms. The van der Waals surface area contributed by atoms with Crippen LogP contribution in [0.15, 0.2) is 33.0 Å². The Morgan fingerprint density at radius 2 is 1.67 bits per heavy atom. The Morgan fingerprint density at radius 3 is 2.27 bits per heavy atom. The number of aromatic hydroxyl groups is 1. The Balaban J connectivity index is 2.04. The number of rotatable bonds is 3. The predicted octanol–water partition coefficient (Wildman–Crippen LogP) is 1.99. The summed E-state index contributed by atoms with van der Waals surface area (Å²) in [7, 11) is 2.80. The third-order valence-corrected chi connectivity index (χ3v) is 5.59. The average molecular weight is 413 g/mol. The summed E-state index contributed by atoms with van der Waals surface area (Å²) in [6.45, 7) is 3.99. The van der Waals surface area contributed by atoms with Gasteiger partial charge in [0.25, 0.3) is 5.56 Å². The number of H-pyrrole nitrogens is 2. The lowest BCUT2D eigenvalue weighted by atomic mass is 9.69. The molecule has 2 heterocycles. The first-order chi connectivity index (χ1) is 14.1. The van der Waals surface area contributed by atoms with Crippen molar-refractivity contribution in [1.82, 2.24) is 9.97 Å². The SMILES string of the molecule is COc1cc(C2C3=C(CC(C)(C)CC3=O)Nc3[nH]c(=O)[nH]c(=O)c32)cc(OC)c1O. The Morgan fingerprint density at radius 1 is 1.03 bits per heavy atom. The van der Waals surface area contributed by atoms with E-state index in [1.165, 1.54) is 14.2 Å². The maximum atomic E-state index is 13.2. The molecule has 2 aromatic rings. The molecular formula is C21H23N3O6. The molecule has 1 aliphatic heterocycles. The van der Waals surface area contributed by atoms with Gasteiger partial charge in [-0.2, -0.15) is 0 Å². The third-order valence-electron chi connectivity index (χ3n) is 5.59. The molecule has 0 amide bonds. The number of fused-ring (bicyclic) bond motifs is 1. The zero-order chi connectivity index (χ0) is 21.8. The van der Waals surface area contributed by atoms with E-state index in [1.54, 1.807) is 12.1 Å². The number of methoxy groups -OCH3 is 2. The first-order valence-corrected chi connectivity index (χ1v) is 9.50. The fourth-order valence-electron chi connectivity index (χ4n) is 4.36. The lowest BCUT2D eigenvalue weighted by molar-refractivity contribution is -0.118. The molecule has 30 heavy (non-hydrogen) atoms. The molecule has 0 spiro atoms. The molecule has 1 aromatic carbocycles. The van der Waals surface area contributed by atoms with E-state index >= 15 is 0 Å². The second kappa shape index (κ2) is 6.79. The molecule has 9 nitrogen and oxygen atoms in total. The number of hydrogen-bond acceptors (Lipinski definition) is 7. The molecule has 4 N–H and O–H groups in total. The smallest absolute Gasteiger partial charge is 0.327 e. The van der Waals surface area contributed by atoms with E-state index < -0.39 is 17.2 Å². The van der Waals surface area contributed by atoms with Crippen molar-refractivity contribution in [2.24, 2.45) is 5.41 Å². The van der Waals surface area contributed by atoms with Gasteiger partial charge in [0.1, 0.15) is 5.82 Å². The number of carbonyl (C=O) groups excluding carboxylic acids is 1. The molecule has 1 aliphatic carbocycles. The van der Waals surface area contributed by atoms with Crippen molar-refractivity contribution in [2.75, 3.05) is 19.5 Å². The number of benzene rings is 1. The van der Waals surface area contributed by atoms with Crippen molar-refractivity contribution in [1.29, 1.82) is 0 Å². The van der Waals surface area contributed by atoms with Crippen LogP contribution in [0.3, 0.4) is 0 Å². The van der Waals surface area contributed by atoms with E-state index in [2.05, 4.69) is 15.3 Å². The first-order valence-electron chi connectivity index (χ1n) is 9.50. The third kappa shape index (κ3) is 3.06. The summed E-state index contributed by atoms with van der Waals surface area (Å²) in [5.74, 6) is -0.473. The van der Waals surface area contributed by atoms with Crippen molar-refractivity contribution < 1.29 is 19.4 Å². The van der Waals surface area contributed by atoms with E-state index in [1.807, 2.05) is 13.8 Å². The van der Waals surface area contributed by atoms with Gasteiger partial charge in [0, 0.05) is 23.6 Å². The second-order valence-corrected chi connectivity index (χ2v) is 8.36. The zero-order valence-electron chi connectivity index (χ0n) is 17.1. The normalized spacial score (nSPS) is 19.6. The number of nitrogens with one attached hydrogen (secondary N) is 3. The summed E-state index contributed by atoms with van der Waals surface area (Å²) in [6, 6.07) is 3.14. The molecule has 9 heteroatoms. The van der Waals surface area contributed by atoms with Gasteiger partial charge in [0.05, 0.1) is 19.8 Å². The molecule has 1 unspecified atom stereocenters.